The van der Waals surface area contributed by atoms with Crippen molar-refractivity contribution in [3.05, 3.63) is 61.5 Å². The molecule has 0 aliphatic heterocycles. The van der Waals surface area contributed by atoms with E-state index in [1.807, 2.05) is 0 Å². The third-order valence-corrected chi connectivity index (χ3v) is 4.77. The minimum atomic E-state index is -0.807. The fraction of sp³-hybridized carbons (Fsp3) is 0.111. The molecule has 2 N–H and O–H groups in total. The molecule has 2 rings (SSSR count). The number of nitrogens with zero attached hydrogens (tertiary/aromatic N) is 1. The Labute approximate surface area is 169 Å². The number of hydrogen-bond donors (Lipinski definition) is 1. The number of rotatable bonds is 6. The number of amides is 1. The van der Waals surface area contributed by atoms with Gasteiger partial charge < -0.3 is 15.2 Å². The summed E-state index contributed by atoms with van der Waals surface area (Å²) in [6.45, 7) is 0.250. The van der Waals surface area contributed by atoms with Gasteiger partial charge in [-0.05, 0) is 41.5 Å². The van der Waals surface area contributed by atoms with Gasteiger partial charge in [0.1, 0.15) is 18.2 Å². The van der Waals surface area contributed by atoms with E-state index in [0.717, 1.165) is 5.56 Å². The van der Waals surface area contributed by atoms with Gasteiger partial charge in [-0.2, -0.15) is 5.26 Å². The van der Waals surface area contributed by atoms with E-state index in [9.17, 15) is 4.79 Å². The van der Waals surface area contributed by atoms with Gasteiger partial charge >= 0.3 is 0 Å². The first kappa shape index (κ1) is 20.1. The molecule has 0 saturated heterocycles. The van der Waals surface area contributed by atoms with E-state index in [0.29, 0.717) is 31.6 Å². The van der Waals surface area contributed by atoms with Gasteiger partial charge in [-0.25, -0.2) is 0 Å². The average molecular weight is 456 g/mol. The van der Waals surface area contributed by atoms with Crippen molar-refractivity contribution in [2.75, 3.05) is 7.11 Å². The average Bonchev–Trinajstić information content (AvgIpc) is 2.61. The molecule has 0 radical (unpaired) electrons. The van der Waals surface area contributed by atoms with Crippen LogP contribution in [-0.2, 0) is 11.4 Å². The van der Waals surface area contributed by atoms with Crippen LogP contribution in [0.5, 0.6) is 11.5 Å². The van der Waals surface area contributed by atoms with Gasteiger partial charge in [-0.1, -0.05) is 45.2 Å². The molecule has 0 aliphatic carbocycles. The number of hydrogen-bond acceptors (Lipinski definition) is 4. The van der Waals surface area contributed by atoms with E-state index >= 15 is 0 Å². The highest BCUT2D eigenvalue weighted by Gasteiger charge is 2.12. The summed E-state index contributed by atoms with van der Waals surface area (Å²) in [5.74, 6) is 0.0970. The van der Waals surface area contributed by atoms with Crippen LogP contribution in [0.1, 0.15) is 11.1 Å². The molecule has 8 heteroatoms. The van der Waals surface area contributed by atoms with Crippen LogP contribution in [0.25, 0.3) is 6.08 Å². The van der Waals surface area contributed by atoms with E-state index in [-0.39, 0.29) is 12.2 Å². The van der Waals surface area contributed by atoms with Crippen LogP contribution in [-0.4, -0.2) is 13.0 Å². The summed E-state index contributed by atoms with van der Waals surface area (Å²) in [5, 5.41) is 9.88. The second-order valence-corrected chi connectivity index (χ2v) is 6.76. The van der Waals surface area contributed by atoms with Gasteiger partial charge in [0.15, 0.2) is 11.5 Å². The van der Waals surface area contributed by atoms with Crippen LogP contribution >= 0.6 is 39.1 Å². The highest BCUT2D eigenvalue weighted by molar-refractivity contribution is 9.10. The first-order chi connectivity index (χ1) is 12.3. The Morgan fingerprint density at radius 1 is 1.27 bits per heavy atom. The van der Waals surface area contributed by atoms with E-state index in [2.05, 4.69) is 15.9 Å². The molecule has 0 heterocycles. The Kier molecular flexibility index (Phi) is 6.92. The van der Waals surface area contributed by atoms with Crippen LogP contribution in [0.4, 0.5) is 0 Å². The van der Waals surface area contributed by atoms with Crippen LogP contribution in [0, 0.1) is 11.3 Å². The van der Waals surface area contributed by atoms with Crippen molar-refractivity contribution in [3.8, 4) is 17.6 Å². The fourth-order valence-corrected chi connectivity index (χ4v) is 2.80. The molecule has 0 fully saturated rings. The number of nitrogens with two attached hydrogens (primary N) is 1. The second-order valence-electron chi connectivity index (χ2n) is 5.10. The zero-order valence-electron chi connectivity index (χ0n) is 13.6. The maximum absolute atomic E-state index is 11.2. The minimum absolute atomic E-state index is 0.169. The zero-order chi connectivity index (χ0) is 19.3. The summed E-state index contributed by atoms with van der Waals surface area (Å²) in [4.78, 5) is 11.2. The summed E-state index contributed by atoms with van der Waals surface area (Å²) >= 11 is 15.3. The maximum atomic E-state index is 11.2. The van der Waals surface area contributed by atoms with Crippen molar-refractivity contribution in [2.45, 2.75) is 6.61 Å². The molecule has 0 bridgehead atoms. The Morgan fingerprint density at radius 3 is 2.58 bits per heavy atom. The van der Waals surface area contributed by atoms with E-state index in [1.54, 1.807) is 36.4 Å². The van der Waals surface area contributed by atoms with Crippen molar-refractivity contribution in [1.29, 1.82) is 5.26 Å². The van der Waals surface area contributed by atoms with Gasteiger partial charge in [-0.15, -0.1) is 0 Å². The number of benzene rings is 2. The lowest BCUT2D eigenvalue weighted by atomic mass is 10.1. The summed E-state index contributed by atoms with van der Waals surface area (Å²) in [5.41, 5.74) is 6.38. The first-order valence-electron chi connectivity index (χ1n) is 7.21. The van der Waals surface area contributed by atoms with Gasteiger partial charge in [0, 0.05) is 4.47 Å². The monoisotopic (exact) mass is 454 g/mol. The third kappa shape index (κ3) is 4.92. The molecule has 5 nitrogen and oxygen atoms in total. The highest BCUT2D eigenvalue weighted by atomic mass is 79.9. The van der Waals surface area contributed by atoms with E-state index in [1.165, 1.54) is 13.2 Å². The van der Waals surface area contributed by atoms with Gasteiger partial charge in [0.05, 0.1) is 17.2 Å². The van der Waals surface area contributed by atoms with Crippen LogP contribution in [0.2, 0.25) is 10.0 Å². The largest absolute Gasteiger partial charge is 0.493 e. The SMILES string of the molecule is COc1cc(/C=C(\C#N)C(N)=O)c(Br)cc1OCc1ccc(Cl)c(Cl)c1. The number of carbonyl (C=O) groups is 1. The van der Waals surface area contributed by atoms with Crippen molar-refractivity contribution in [1.82, 2.24) is 0 Å². The molecule has 0 aromatic heterocycles. The van der Waals surface area contributed by atoms with Crippen molar-refractivity contribution in [2.24, 2.45) is 5.73 Å². The van der Waals surface area contributed by atoms with E-state index in [4.69, 9.17) is 43.7 Å². The molecular weight excluding hydrogens is 443 g/mol. The number of halogens is 3. The van der Waals surface area contributed by atoms with Crippen molar-refractivity contribution >= 4 is 51.1 Å². The molecule has 26 heavy (non-hydrogen) atoms. The summed E-state index contributed by atoms with van der Waals surface area (Å²) < 4.78 is 11.7. The lowest BCUT2D eigenvalue weighted by Gasteiger charge is -2.13. The minimum Gasteiger partial charge on any atom is -0.493 e. The van der Waals surface area contributed by atoms with Crippen molar-refractivity contribution in [3.63, 3.8) is 0 Å². The van der Waals surface area contributed by atoms with Crippen LogP contribution in [0.3, 0.4) is 0 Å². The Balaban J connectivity index is 2.30. The van der Waals surface area contributed by atoms with Gasteiger partial charge in [-0.3, -0.25) is 4.79 Å². The molecule has 1 amide bonds. The smallest absolute Gasteiger partial charge is 0.259 e. The molecule has 134 valence electrons. The Morgan fingerprint density at radius 2 is 2.00 bits per heavy atom. The summed E-state index contributed by atoms with van der Waals surface area (Å²) in [7, 11) is 1.49. The predicted octanol–water partition coefficient (Wildman–Crippen LogP) is 4.74. The van der Waals surface area contributed by atoms with Gasteiger partial charge in [0.2, 0.25) is 0 Å². The molecule has 0 unspecified atom stereocenters. The van der Waals surface area contributed by atoms with Crippen LogP contribution < -0.4 is 15.2 Å². The standard InChI is InChI=1S/C18H13BrCl2N2O3/c1-25-16-6-11(5-12(8-22)18(23)24)13(19)7-17(16)26-9-10-2-3-14(20)15(21)4-10/h2-7H,9H2,1H3,(H2,23,24)/b12-5+. The third-order valence-electron chi connectivity index (χ3n) is 3.35. The molecule has 0 saturated carbocycles. The molecular formula is C18H13BrCl2N2O3. The fourth-order valence-electron chi connectivity index (χ4n) is 2.04. The molecule has 2 aromatic carbocycles. The summed E-state index contributed by atoms with van der Waals surface area (Å²) in [6, 6.07) is 10.3. The maximum Gasteiger partial charge on any atom is 0.259 e. The molecule has 0 spiro atoms. The number of nitriles is 1. The topological polar surface area (TPSA) is 85.3 Å². The first-order valence-corrected chi connectivity index (χ1v) is 8.76. The lowest BCUT2D eigenvalue weighted by Crippen LogP contribution is -2.12. The summed E-state index contributed by atoms with van der Waals surface area (Å²) in [6.07, 6.45) is 1.37. The van der Waals surface area contributed by atoms with Gasteiger partial charge in [0.25, 0.3) is 5.91 Å². The Hall–Kier alpha value is -2.20. The normalized spacial score (nSPS) is 11.0. The second kappa shape index (κ2) is 8.95. The molecule has 0 aliphatic rings. The lowest BCUT2D eigenvalue weighted by molar-refractivity contribution is -0.114. The molecule has 0 atom stereocenters. The number of primary amides is 1. The van der Waals surface area contributed by atoms with E-state index < -0.39 is 5.91 Å². The molecule has 2 aromatic rings. The van der Waals surface area contributed by atoms with Crippen LogP contribution in [0.15, 0.2) is 40.4 Å². The highest BCUT2D eigenvalue weighted by Crippen LogP contribution is 2.35. The zero-order valence-corrected chi connectivity index (χ0v) is 16.7. The van der Waals surface area contributed by atoms with Crippen molar-refractivity contribution < 1.29 is 14.3 Å². The number of methoxy groups -OCH3 is 1. The quantitative estimate of drug-likeness (QED) is 0.503. The number of ether oxygens (including phenoxy) is 2. The Bertz CT molecular complexity index is 923. The number of carbonyl (C=O) groups excluding carboxylic acids is 1. The predicted molar refractivity (Wildman–Crippen MR) is 104 cm³/mol.